The number of unbranched alkanes of at least 4 members (excludes halogenated alkanes) is 1. The molecule has 0 spiro atoms. The minimum absolute atomic E-state index is 0.511. The molecule has 0 atom stereocenters. The zero-order valence-corrected chi connectivity index (χ0v) is 11.1. The van der Waals surface area contributed by atoms with Crippen LogP contribution in [-0.4, -0.2) is 24.1 Å². The number of rotatable bonds is 7. The third-order valence-corrected chi connectivity index (χ3v) is 3.30. The third-order valence-electron chi connectivity index (χ3n) is 2.40. The molecule has 5 heteroatoms. The summed E-state index contributed by atoms with van der Waals surface area (Å²) in [6, 6.07) is 0. The molecule has 0 fully saturated rings. The highest BCUT2D eigenvalue weighted by Crippen LogP contribution is 2.38. The Kier molecular flexibility index (Phi) is 5.38. The molecule has 16 heavy (non-hydrogen) atoms. The molecule has 0 radical (unpaired) electrons. The second-order valence-corrected chi connectivity index (χ2v) is 4.32. The molecular formula is C11H21N3OS. The van der Waals surface area contributed by atoms with E-state index >= 15 is 0 Å². The van der Waals surface area contributed by atoms with Gasteiger partial charge in [-0.1, -0.05) is 13.3 Å². The van der Waals surface area contributed by atoms with E-state index in [0.29, 0.717) is 12.4 Å². The fraction of sp³-hybridized carbons (Fsp3) is 0.727. The zero-order chi connectivity index (χ0) is 12.0. The monoisotopic (exact) mass is 243 g/mol. The van der Waals surface area contributed by atoms with Crippen molar-refractivity contribution in [3.05, 3.63) is 0 Å². The van der Waals surface area contributed by atoms with Crippen molar-refractivity contribution >= 4 is 22.4 Å². The molecule has 1 aromatic rings. The Morgan fingerprint density at radius 2 is 2.12 bits per heavy atom. The average molecular weight is 243 g/mol. The number of ether oxygens (including phenoxy) is 1. The minimum Gasteiger partial charge on any atom is -0.487 e. The smallest absolute Gasteiger partial charge is 0.197 e. The maximum atomic E-state index is 5.80. The van der Waals surface area contributed by atoms with Crippen LogP contribution in [0.4, 0.5) is 10.8 Å². The van der Waals surface area contributed by atoms with Crippen LogP contribution in [0, 0.1) is 0 Å². The molecule has 1 rings (SSSR count). The lowest BCUT2D eigenvalue weighted by Crippen LogP contribution is -2.23. The van der Waals surface area contributed by atoms with Gasteiger partial charge in [0.15, 0.2) is 16.6 Å². The van der Waals surface area contributed by atoms with Crippen LogP contribution in [0.15, 0.2) is 0 Å². The number of anilines is 2. The van der Waals surface area contributed by atoms with Gasteiger partial charge in [0, 0.05) is 13.1 Å². The standard InChI is InChI=1S/C11H21N3OS/c1-4-7-8-14(5-2)11-9(15-6-3)10(12)13-16-11/h4-8H2,1-3H3,(H2,12,13). The summed E-state index contributed by atoms with van der Waals surface area (Å²) in [5, 5.41) is 1.07. The van der Waals surface area contributed by atoms with Crippen LogP contribution in [-0.2, 0) is 0 Å². The highest BCUT2D eigenvalue weighted by molar-refractivity contribution is 7.11. The van der Waals surface area contributed by atoms with Crippen LogP contribution in [0.3, 0.4) is 0 Å². The van der Waals surface area contributed by atoms with Crippen molar-refractivity contribution in [1.82, 2.24) is 4.37 Å². The quantitative estimate of drug-likeness (QED) is 0.800. The van der Waals surface area contributed by atoms with Crippen molar-refractivity contribution in [3.63, 3.8) is 0 Å². The molecule has 0 amide bonds. The second kappa shape index (κ2) is 6.58. The summed E-state index contributed by atoms with van der Waals surface area (Å²) in [4.78, 5) is 2.28. The van der Waals surface area contributed by atoms with Crippen LogP contribution < -0.4 is 15.4 Å². The Bertz CT molecular complexity index is 314. The molecular weight excluding hydrogens is 222 g/mol. The van der Waals surface area contributed by atoms with E-state index in [2.05, 4.69) is 23.1 Å². The van der Waals surface area contributed by atoms with E-state index in [9.17, 15) is 0 Å². The van der Waals surface area contributed by atoms with Gasteiger partial charge in [-0.3, -0.25) is 0 Å². The summed E-state index contributed by atoms with van der Waals surface area (Å²) < 4.78 is 9.72. The predicted molar refractivity (Wildman–Crippen MR) is 70.5 cm³/mol. The van der Waals surface area contributed by atoms with Gasteiger partial charge in [0.1, 0.15) is 0 Å². The van der Waals surface area contributed by atoms with E-state index in [4.69, 9.17) is 10.5 Å². The van der Waals surface area contributed by atoms with Gasteiger partial charge >= 0.3 is 0 Å². The molecule has 0 bridgehead atoms. The van der Waals surface area contributed by atoms with E-state index in [-0.39, 0.29) is 0 Å². The van der Waals surface area contributed by atoms with Gasteiger partial charge in [-0.25, -0.2) is 0 Å². The highest BCUT2D eigenvalue weighted by atomic mass is 32.1. The first kappa shape index (κ1) is 13.1. The van der Waals surface area contributed by atoms with Crippen LogP contribution in [0.1, 0.15) is 33.6 Å². The molecule has 0 saturated carbocycles. The van der Waals surface area contributed by atoms with E-state index in [1.54, 1.807) is 0 Å². The highest BCUT2D eigenvalue weighted by Gasteiger charge is 2.17. The number of nitrogens with two attached hydrogens (primary N) is 1. The fourth-order valence-corrected chi connectivity index (χ4v) is 2.37. The van der Waals surface area contributed by atoms with E-state index in [1.807, 2.05) is 6.92 Å². The van der Waals surface area contributed by atoms with Gasteiger partial charge in [-0.2, -0.15) is 4.37 Å². The van der Waals surface area contributed by atoms with Crippen LogP contribution in [0.2, 0.25) is 0 Å². The van der Waals surface area contributed by atoms with Crippen LogP contribution >= 0.6 is 11.5 Å². The Labute approximate surface area is 102 Å². The summed E-state index contributed by atoms with van der Waals surface area (Å²) in [6.45, 7) is 8.92. The minimum atomic E-state index is 0.511. The Hall–Kier alpha value is -0.970. The van der Waals surface area contributed by atoms with Gasteiger partial charge in [0.2, 0.25) is 0 Å². The molecule has 0 aliphatic carbocycles. The molecule has 0 aliphatic rings. The average Bonchev–Trinajstić information content (AvgIpc) is 2.63. The predicted octanol–water partition coefficient (Wildman–Crippen LogP) is 2.75. The molecule has 92 valence electrons. The van der Waals surface area contributed by atoms with Crippen molar-refractivity contribution in [2.45, 2.75) is 33.6 Å². The van der Waals surface area contributed by atoms with Gasteiger partial charge in [-0.15, -0.1) is 0 Å². The largest absolute Gasteiger partial charge is 0.487 e. The van der Waals surface area contributed by atoms with Gasteiger partial charge in [0.25, 0.3) is 0 Å². The Balaban J connectivity index is 2.82. The molecule has 0 aromatic carbocycles. The maximum Gasteiger partial charge on any atom is 0.197 e. The van der Waals surface area contributed by atoms with Crippen molar-refractivity contribution in [1.29, 1.82) is 0 Å². The van der Waals surface area contributed by atoms with Crippen LogP contribution in [0.5, 0.6) is 5.75 Å². The molecule has 4 nitrogen and oxygen atoms in total. The van der Waals surface area contributed by atoms with Crippen molar-refractivity contribution < 1.29 is 4.74 Å². The number of nitrogens with zero attached hydrogens (tertiary/aromatic N) is 2. The zero-order valence-electron chi connectivity index (χ0n) is 10.3. The fourth-order valence-electron chi connectivity index (χ4n) is 1.52. The lowest BCUT2D eigenvalue weighted by atomic mass is 10.3. The van der Waals surface area contributed by atoms with E-state index in [0.717, 1.165) is 23.8 Å². The molecule has 1 heterocycles. The summed E-state index contributed by atoms with van der Waals surface area (Å²) >= 11 is 1.43. The number of aromatic nitrogens is 1. The Morgan fingerprint density at radius 1 is 1.38 bits per heavy atom. The first-order valence-corrected chi connectivity index (χ1v) is 6.64. The summed E-state index contributed by atoms with van der Waals surface area (Å²) in [5.74, 6) is 1.27. The molecule has 0 aliphatic heterocycles. The molecule has 1 aromatic heterocycles. The number of hydrogen-bond donors (Lipinski definition) is 1. The van der Waals surface area contributed by atoms with Gasteiger partial charge in [-0.05, 0) is 31.8 Å². The molecule has 2 N–H and O–H groups in total. The van der Waals surface area contributed by atoms with E-state index in [1.165, 1.54) is 24.4 Å². The summed E-state index contributed by atoms with van der Waals surface area (Å²) in [6.07, 6.45) is 2.37. The lowest BCUT2D eigenvalue weighted by molar-refractivity contribution is 0.343. The maximum absolute atomic E-state index is 5.80. The topological polar surface area (TPSA) is 51.4 Å². The van der Waals surface area contributed by atoms with Crippen LogP contribution in [0.25, 0.3) is 0 Å². The van der Waals surface area contributed by atoms with Gasteiger partial charge < -0.3 is 15.4 Å². The Morgan fingerprint density at radius 3 is 2.69 bits per heavy atom. The first-order valence-electron chi connectivity index (χ1n) is 5.87. The molecule has 0 unspecified atom stereocenters. The number of hydrogen-bond acceptors (Lipinski definition) is 5. The van der Waals surface area contributed by atoms with Crippen molar-refractivity contribution in [2.24, 2.45) is 0 Å². The lowest BCUT2D eigenvalue weighted by Gasteiger charge is -2.21. The number of nitrogen functional groups attached to an aromatic ring is 1. The molecule has 0 saturated heterocycles. The summed E-state index contributed by atoms with van der Waals surface area (Å²) in [7, 11) is 0. The summed E-state index contributed by atoms with van der Waals surface area (Å²) in [5.41, 5.74) is 5.80. The first-order chi connectivity index (χ1) is 7.74. The third kappa shape index (κ3) is 3.01. The van der Waals surface area contributed by atoms with Crippen molar-refractivity contribution in [2.75, 3.05) is 30.3 Å². The van der Waals surface area contributed by atoms with Gasteiger partial charge in [0.05, 0.1) is 6.61 Å². The second-order valence-electron chi connectivity index (χ2n) is 3.57. The van der Waals surface area contributed by atoms with Crippen molar-refractivity contribution in [3.8, 4) is 5.75 Å². The normalized spacial score (nSPS) is 10.4. The van der Waals surface area contributed by atoms with E-state index < -0.39 is 0 Å². The SMILES string of the molecule is CCCCN(CC)c1snc(N)c1OCC.